The summed E-state index contributed by atoms with van der Waals surface area (Å²) < 4.78 is 20.6. The second-order valence-electron chi connectivity index (χ2n) is 2.55. The van der Waals surface area contributed by atoms with Crippen LogP contribution in [0.2, 0.25) is 0 Å². The zero-order valence-corrected chi connectivity index (χ0v) is 10.5. The molecule has 84 valence electrons. The van der Waals surface area contributed by atoms with Gasteiger partial charge < -0.3 is 18.3 Å². The Labute approximate surface area is 94.4 Å². The number of methoxy groups -OCH3 is 1. The molecule has 4 nitrogen and oxygen atoms in total. The van der Waals surface area contributed by atoms with E-state index in [0.717, 1.165) is 0 Å². The van der Waals surface area contributed by atoms with Gasteiger partial charge in [-0.05, 0) is 12.1 Å². The molecule has 0 N–H and O–H groups in total. The monoisotopic (exact) mass is 248 g/mol. The van der Waals surface area contributed by atoms with Gasteiger partial charge in [-0.15, -0.1) is 0 Å². The summed E-state index contributed by atoms with van der Waals surface area (Å²) in [6.07, 6.45) is 0. The number of para-hydroxylation sites is 2. The van der Waals surface area contributed by atoms with Gasteiger partial charge in [0.25, 0.3) is 0 Å². The van der Waals surface area contributed by atoms with Crippen LogP contribution in [0.4, 0.5) is 0 Å². The van der Waals surface area contributed by atoms with E-state index in [2.05, 4.69) is 0 Å². The summed E-state index contributed by atoms with van der Waals surface area (Å²) in [7, 11) is 4.48. The van der Waals surface area contributed by atoms with E-state index >= 15 is 0 Å². The van der Waals surface area contributed by atoms with Crippen LogP contribution in [0.3, 0.4) is 0 Å². The first-order valence-electron chi connectivity index (χ1n) is 4.19. The number of benzene rings is 1. The van der Waals surface area contributed by atoms with Crippen molar-refractivity contribution < 1.29 is 18.3 Å². The fraction of sp³-hybridized carbons (Fsp3) is 0.333. The summed E-state index contributed by atoms with van der Waals surface area (Å²) in [5.74, 6) is 1.12. The third kappa shape index (κ3) is 3.18. The second-order valence-corrected chi connectivity index (χ2v) is 5.70. The molecular weight excluding hydrogens is 235 g/mol. The van der Waals surface area contributed by atoms with E-state index in [1.54, 1.807) is 19.2 Å². The minimum absolute atomic E-state index is 0.520. The standard InChI is InChI=1S/C9H13O4PS/c1-10-8-6-4-5-7-9(8)13-14(15,11-2)12-3/h4-7H,1-3H3. The summed E-state index contributed by atoms with van der Waals surface area (Å²) >= 11 is 5.08. The minimum Gasteiger partial charge on any atom is -0.493 e. The third-order valence-electron chi connectivity index (χ3n) is 1.73. The summed E-state index contributed by atoms with van der Waals surface area (Å²) in [5, 5.41) is 0. The lowest BCUT2D eigenvalue weighted by molar-refractivity contribution is 0.268. The van der Waals surface area contributed by atoms with E-state index in [4.69, 9.17) is 30.1 Å². The van der Waals surface area contributed by atoms with E-state index in [1.165, 1.54) is 14.2 Å². The molecule has 1 aromatic carbocycles. The van der Waals surface area contributed by atoms with Crippen LogP contribution < -0.4 is 9.26 Å². The highest BCUT2D eigenvalue weighted by molar-refractivity contribution is 8.07. The van der Waals surface area contributed by atoms with Gasteiger partial charge in [-0.2, -0.15) is 0 Å². The Morgan fingerprint density at radius 1 is 1.00 bits per heavy atom. The molecule has 0 amide bonds. The molecule has 0 radical (unpaired) electrons. The molecule has 0 saturated carbocycles. The van der Waals surface area contributed by atoms with Gasteiger partial charge >= 0.3 is 6.72 Å². The summed E-state index contributed by atoms with van der Waals surface area (Å²) in [4.78, 5) is 0. The fourth-order valence-corrected chi connectivity index (χ4v) is 1.89. The lowest BCUT2D eigenvalue weighted by Gasteiger charge is -2.19. The average molecular weight is 248 g/mol. The fourth-order valence-electron chi connectivity index (χ4n) is 0.964. The molecule has 0 fully saturated rings. The molecule has 0 atom stereocenters. The van der Waals surface area contributed by atoms with E-state index < -0.39 is 6.72 Å². The molecule has 0 aliphatic rings. The molecule has 0 saturated heterocycles. The van der Waals surface area contributed by atoms with Crippen molar-refractivity contribution in [2.75, 3.05) is 21.3 Å². The van der Waals surface area contributed by atoms with E-state index in [9.17, 15) is 0 Å². The number of ether oxygens (including phenoxy) is 1. The Hall–Kier alpha value is -0.610. The van der Waals surface area contributed by atoms with E-state index in [0.29, 0.717) is 11.5 Å². The molecule has 0 bridgehead atoms. The van der Waals surface area contributed by atoms with Crippen molar-refractivity contribution >= 4 is 18.5 Å². The average Bonchev–Trinajstić information content (AvgIpc) is 2.29. The first-order valence-corrected chi connectivity index (χ1v) is 6.75. The van der Waals surface area contributed by atoms with Gasteiger partial charge in [-0.25, -0.2) is 0 Å². The van der Waals surface area contributed by atoms with Gasteiger partial charge in [-0.1, -0.05) is 12.1 Å². The Morgan fingerprint density at radius 2 is 1.53 bits per heavy atom. The SMILES string of the molecule is COc1ccccc1OP(=S)(OC)OC. The predicted molar refractivity (Wildman–Crippen MR) is 61.9 cm³/mol. The van der Waals surface area contributed by atoms with Crippen LogP contribution in [-0.4, -0.2) is 21.3 Å². The molecule has 0 aromatic heterocycles. The maximum Gasteiger partial charge on any atom is 0.380 e. The first-order chi connectivity index (χ1) is 7.15. The van der Waals surface area contributed by atoms with Crippen LogP contribution in [0, 0.1) is 0 Å². The van der Waals surface area contributed by atoms with Crippen LogP contribution in [0.15, 0.2) is 24.3 Å². The van der Waals surface area contributed by atoms with Gasteiger partial charge in [0.1, 0.15) is 0 Å². The number of hydrogen-bond acceptors (Lipinski definition) is 5. The molecular formula is C9H13O4PS. The number of hydrogen-bond donors (Lipinski definition) is 0. The Morgan fingerprint density at radius 3 is 2.00 bits per heavy atom. The van der Waals surface area contributed by atoms with Gasteiger partial charge in [-0.3, -0.25) is 0 Å². The molecule has 0 aliphatic heterocycles. The van der Waals surface area contributed by atoms with Crippen LogP contribution >= 0.6 is 6.72 Å². The smallest absolute Gasteiger partial charge is 0.380 e. The van der Waals surface area contributed by atoms with Gasteiger partial charge in [0.2, 0.25) is 0 Å². The molecule has 1 rings (SSSR count). The van der Waals surface area contributed by atoms with Crippen LogP contribution in [0.5, 0.6) is 11.5 Å². The summed E-state index contributed by atoms with van der Waals surface area (Å²) in [6.45, 7) is -2.69. The maximum absolute atomic E-state index is 5.48. The molecule has 15 heavy (non-hydrogen) atoms. The first kappa shape index (κ1) is 12.5. The normalized spacial score (nSPS) is 11.1. The van der Waals surface area contributed by atoms with Crippen molar-refractivity contribution in [1.29, 1.82) is 0 Å². The molecule has 1 aromatic rings. The highest BCUT2D eigenvalue weighted by atomic mass is 32.5. The quantitative estimate of drug-likeness (QED) is 0.749. The summed E-state index contributed by atoms with van der Waals surface area (Å²) in [5.41, 5.74) is 0. The topological polar surface area (TPSA) is 36.9 Å². The molecule has 6 heteroatoms. The van der Waals surface area contributed by atoms with Crippen LogP contribution in [-0.2, 0) is 20.9 Å². The minimum atomic E-state index is -2.69. The Kier molecular flexibility index (Phi) is 4.54. The van der Waals surface area contributed by atoms with Gasteiger partial charge in [0.15, 0.2) is 11.5 Å². The Bertz CT molecular complexity index is 361. The van der Waals surface area contributed by atoms with Gasteiger partial charge in [0.05, 0.1) is 7.11 Å². The van der Waals surface area contributed by atoms with Crippen molar-refractivity contribution in [3.63, 3.8) is 0 Å². The maximum atomic E-state index is 5.48. The molecule has 0 heterocycles. The highest BCUT2D eigenvalue weighted by Crippen LogP contribution is 2.50. The molecule has 0 unspecified atom stereocenters. The van der Waals surface area contributed by atoms with Crippen LogP contribution in [0.25, 0.3) is 0 Å². The lowest BCUT2D eigenvalue weighted by atomic mass is 10.3. The van der Waals surface area contributed by atoms with Crippen molar-refractivity contribution in [1.82, 2.24) is 0 Å². The zero-order valence-electron chi connectivity index (χ0n) is 8.80. The largest absolute Gasteiger partial charge is 0.493 e. The van der Waals surface area contributed by atoms with Crippen LogP contribution in [0.1, 0.15) is 0 Å². The predicted octanol–water partition coefficient (Wildman–Crippen LogP) is 2.59. The third-order valence-corrected chi connectivity index (χ3v) is 4.16. The second kappa shape index (κ2) is 5.47. The summed E-state index contributed by atoms with van der Waals surface area (Å²) in [6, 6.07) is 7.19. The molecule has 0 aliphatic carbocycles. The molecule has 0 spiro atoms. The highest BCUT2D eigenvalue weighted by Gasteiger charge is 2.20. The van der Waals surface area contributed by atoms with Crippen molar-refractivity contribution in [3.8, 4) is 11.5 Å². The van der Waals surface area contributed by atoms with Gasteiger partial charge in [0, 0.05) is 26.0 Å². The zero-order chi connectivity index (χ0) is 11.3. The van der Waals surface area contributed by atoms with Crippen molar-refractivity contribution in [2.45, 2.75) is 0 Å². The van der Waals surface area contributed by atoms with Crippen molar-refractivity contribution in [3.05, 3.63) is 24.3 Å². The van der Waals surface area contributed by atoms with Crippen molar-refractivity contribution in [2.24, 2.45) is 0 Å². The Balaban J connectivity index is 2.93. The lowest BCUT2D eigenvalue weighted by Crippen LogP contribution is -1.98. The van der Waals surface area contributed by atoms with E-state index in [-0.39, 0.29) is 0 Å². The van der Waals surface area contributed by atoms with E-state index in [1.807, 2.05) is 12.1 Å². The number of rotatable bonds is 5.